The summed E-state index contributed by atoms with van der Waals surface area (Å²) in [6.07, 6.45) is 0. The fourth-order valence-electron chi connectivity index (χ4n) is 2.74. The molecule has 0 radical (unpaired) electrons. The molecular formula is C21H22Cl2N4O2. The van der Waals surface area contributed by atoms with Gasteiger partial charge in [-0.2, -0.15) is 0 Å². The van der Waals surface area contributed by atoms with E-state index in [0.717, 1.165) is 5.69 Å². The number of carbonyl (C=O) groups is 1. The molecule has 29 heavy (non-hydrogen) atoms. The highest BCUT2D eigenvalue weighted by molar-refractivity contribution is 6.39. The Morgan fingerprint density at radius 3 is 2.24 bits per heavy atom. The molecule has 0 aliphatic heterocycles. The van der Waals surface area contributed by atoms with Crippen LogP contribution in [0.1, 0.15) is 32.1 Å². The Balaban J connectivity index is 1.71. The van der Waals surface area contributed by atoms with Gasteiger partial charge in [-0.15, -0.1) is 0 Å². The zero-order chi connectivity index (χ0) is 21.2. The van der Waals surface area contributed by atoms with Gasteiger partial charge in [0.25, 0.3) is 0 Å². The lowest BCUT2D eigenvalue weighted by Gasteiger charge is -2.19. The predicted octanol–water partition coefficient (Wildman–Crippen LogP) is 6.40. The first-order valence-corrected chi connectivity index (χ1v) is 9.76. The Morgan fingerprint density at radius 1 is 1.03 bits per heavy atom. The summed E-state index contributed by atoms with van der Waals surface area (Å²) in [5, 5.41) is 7.55. The van der Waals surface area contributed by atoms with E-state index in [2.05, 4.69) is 42.1 Å². The lowest BCUT2D eigenvalue weighted by molar-refractivity contribution is 0.253. The zero-order valence-electron chi connectivity index (χ0n) is 16.6. The number of benzene rings is 2. The molecule has 0 unspecified atom stereocenters. The molecule has 0 bridgehead atoms. The molecular weight excluding hydrogens is 411 g/mol. The lowest BCUT2D eigenvalue weighted by Crippen LogP contribution is -2.33. The first kappa shape index (κ1) is 21.0. The number of aryl methyl sites for hydroxylation is 1. The fraction of sp³-hybridized carbons (Fsp3) is 0.238. The topological polar surface area (TPSA) is 79.2 Å². The Kier molecular flexibility index (Phi) is 6.05. The number of anilines is 2. The second-order valence-electron chi connectivity index (χ2n) is 7.59. The van der Waals surface area contributed by atoms with Crippen molar-refractivity contribution in [3.63, 3.8) is 0 Å². The third-order valence-corrected chi connectivity index (χ3v) is 5.00. The molecule has 2 amide bonds. The Morgan fingerprint density at radius 2 is 1.66 bits per heavy atom. The minimum absolute atomic E-state index is 0.0610. The maximum Gasteiger partial charge on any atom is 0.338 e. The van der Waals surface area contributed by atoms with E-state index in [1.165, 1.54) is 5.56 Å². The van der Waals surface area contributed by atoms with Crippen molar-refractivity contribution >= 4 is 40.6 Å². The van der Waals surface area contributed by atoms with Gasteiger partial charge in [0.2, 0.25) is 0 Å². The van der Waals surface area contributed by atoms with Gasteiger partial charge < -0.3 is 9.84 Å². The van der Waals surface area contributed by atoms with Crippen molar-refractivity contribution in [3.8, 4) is 11.3 Å². The smallest absolute Gasteiger partial charge is 0.338 e. The largest absolute Gasteiger partial charge is 0.359 e. The van der Waals surface area contributed by atoms with Crippen LogP contribution in [0.4, 0.5) is 16.2 Å². The quantitative estimate of drug-likeness (QED) is 0.416. The maximum atomic E-state index is 12.4. The van der Waals surface area contributed by atoms with Crippen LogP contribution in [0.15, 0.2) is 47.0 Å². The highest BCUT2D eigenvalue weighted by atomic mass is 35.5. The highest BCUT2D eigenvalue weighted by Gasteiger charge is 2.21. The van der Waals surface area contributed by atoms with Crippen LogP contribution in [0.5, 0.6) is 0 Å². The number of amides is 2. The zero-order valence-corrected chi connectivity index (χ0v) is 18.1. The van der Waals surface area contributed by atoms with Gasteiger partial charge in [-0.25, -0.2) is 4.79 Å². The summed E-state index contributed by atoms with van der Waals surface area (Å²) in [6.45, 7) is 8.12. The van der Waals surface area contributed by atoms with Crippen LogP contribution in [0.3, 0.4) is 0 Å². The van der Waals surface area contributed by atoms with Crippen LogP contribution in [-0.4, -0.2) is 11.2 Å². The second kappa shape index (κ2) is 8.35. The summed E-state index contributed by atoms with van der Waals surface area (Å²) in [6, 6.07) is 12.5. The van der Waals surface area contributed by atoms with Crippen LogP contribution < -0.4 is 16.2 Å². The van der Waals surface area contributed by atoms with Crippen LogP contribution >= 0.6 is 23.2 Å². The maximum absolute atomic E-state index is 12.4. The van der Waals surface area contributed by atoms with Crippen molar-refractivity contribution < 1.29 is 9.32 Å². The monoisotopic (exact) mass is 432 g/mol. The standard InChI is InChI=1S/C21H22Cl2N4O2/c1-12-18(19(27-29-12)17-15(22)6-5-7-16(17)23)24-20(28)26-25-14-10-8-13(9-11-14)21(2,3)4/h5-11,25H,1-4H3,(H2,24,26,28). The number of urea groups is 1. The number of hydrazine groups is 1. The minimum Gasteiger partial charge on any atom is -0.359 e. The molecule has 0 saturated heterocycles. The molecule has 0 fully saturated rings. The molecule has 152 valence electrons. The summed E-state index contributed by atoms with van der Waals surface area (Å²) < 4.78 is 5.24. The van der Waals surface area contributed by atoms with Gasteiger partial charge in [0.05, 0.1) is 15.7 Å². The average Bonchev–Trinajstić information content (AvgIpc) is 3.00. The number of halogens is 2. The van der Waals surface area contributed by atoms with E-state index >= 15 is 0 Å². The fourth-order valence-corrected chi connectivity index (χ4v) is 3.32. The molecule has 0 aliphatic rings. The number of rotatable bonds is 4. The van der Waals surface area contributed by atoms with Gasteiger partial charge >= 0.3 is 6.03 Å². The van der Waals surface area contributed by atoms with Crippen molar-refractivity contribution in [1.29, 1.82) is 0 Å². The summed E-state index contributed by atoms with van der Waals surface area (Å²) in [7, 11) is 0. The van der Waals surface area contributed by atoms with E-state index < -0.39 is 6.03 Å². The average molecular weight is 433 g/mol. The molecule has 1 heterocycles. The van der Waals surface area contributed by atoms with E-state index in [0.29, 0.717) is 32.8 Å². The van der Waals surface area contributed by atoms with Gasteiger partial charge in [0.1, 0.15) is 11.4 Å². The summed E-state index contributed by atoms with van der Waals surface area (Å²) in [5.41, 5.74) is 8.73. The van der Waals surface area contributed by atoms with Crippen molar-refractivity contribution in [1.82, 2.24) is 10.6 Å². The Labute approximate surface area is 179 Å². The molecule has 3 aromatic rings. The van der Waals surface area contributed by atoms with E-state index in [-0.39, 0.29) is 5.41 Å². The van der Waals surface area contributed by atoms with Crippen molar-refractivity contribution in [2.45, 2.75) is 33.1 Å². The minimum atomic E-state index is -0.486. The number of hydrogen-bond acceptors (Lipinski definition) is 4. The Bertz CT molecular complexity index is 1000. The van der Waals surface area contributed by atoms with Crippen molar-refractivity contribution in [2.24, 2.45) is 0 Å². The molecule has 0 spiro atoms. The number of carbonyl (C=O) groups excluding carboxylic acids is 1. The molecule has 0 atom stereocenters. The summed E-state index contributed by atoms with van der Waals surface area (Å²) in [5.74, 6) is 0.431. The molecule has 8 heteroatoms. The number of nitrogens with one attached hydrogen (secondary N) is 3. The SMILES string of the molecule is Cc1onc(-c2c(Cl)cccc2Cl)c1NC(=O)NNc1ccc(C(C)(C)C)cc1. The third-order valence-electron chi connectivity index (χ3n) is 4.37. The van der Waals surface area contributed by atoms with Crippen molar-refractivity contribution in [2.75, 3.05) is 10.7 Å². The van der Waals surface area contributed by atoms with Gasteiger partial charge in [-0.05, 0) is 42.2 Å². The van der Waals surface area contributed by atoms with Crippen LogP contribution in [0.25, 0.3) is 11.3 Å². The molecule has 0 saturated carbocycles. The van der Waals surface area contributed by atoms with E-state index in [9.17, 15) is 4.79 Å². The van der Waals surface area contributed by atoms with Gasteiger partial charge in [0, 0.05) is 5.56 Å². The molecule has 6 nitrogen and oxygen atoms in total. The second-order valence-corrected chi connectivity index (χ2v) is 8.40. The van der Waals surface area contributed by atoms with Crippen LogP contribution in [-0.2, 0) is 5.41 Å². The number of nitrogens with zero attached hydrogens (tertiary/aromatic N) is 1. The summed E-state index contributed by atoms with van der Waals surface area (Å²) >= 11 is 12.5. The van der Waals surface area contributed by atoms with E-state index in [1.807, 2.05) is 24.3 Å². The molecule has 3 N–H and O–H groups in total. The first-order chi connectivity index (χ1) is 13.7. The highest BCUT2D eigenvalue weighted by Crippen LogP contribution is 2.39. The third kappa shape index (κ3) is 4.83. The predicted molar refractivity (Wildman–Crippen MR) is 118 cm³/mol. The van der Waals surface area contributed by atoms with Gasteiger partial charge in [-0.1, -0.05) is 67.3 Å². The number of aromatic nitrogens is 1. The molecule has 2 aromatic carbocycles. The lowest BCUT2D eigenvalue weighted by atomic mass is 9.87. The van der Waals surface area contributed by atoms with Crippen LogP contribution in [0, 0.1) is 6.92 Å². The van der Waals surface area contributed by atoms with E-state index in [4.69, 9.17) is 27.7 Å². The molecule has 3 rings (SSSR count). The molecule has 1 aromatic heterocycles. The summed E-state index contributed by atoms with van der Waals surface area (Å²) in [4.78, 5) is 12.4. The van der Waals surface area contributed by atoms with Crippen LogP contribution in [0.2, 0.25) is 10.0 Å². The molecule has 0 aliphatic carbocycles. The Hall–Kier alpha value is -2.70. The van der Waals surface area contributed by atoms with Gasteiger partial charge in [0.15, 0.2) is 5.76 Å². The first-order valence-electron chi connectivity index (χ1n) is 9.01. The number of hydrogen-bond donors (Lipinski definition) is 3. The van der Waals surface area contributed by atoms with E-state index in [1.54, 1.807) is 25.1 Å². The van der Waals surface area contributed by atoms with Gasteiger partial charge in [-0.3, -0.25) is 10.9 Å². The van der Waals surface area contributed by atoms with Crippen molar-refractivity contribution in [3.05, 3.63) is 63.8 Å². The normalized spacial score (nSPS) is 11.2.